The molecule has 0 atom stereocenters. The summed E-state index contributed by atoms with van der Waals surface area (Å²) in [7, 11) is 2.19. The lowest BCUT2D eigenvalue weighted by atomic mass is 10.1. The van der Waals surface area contributed by atoms with Crippen molar-refractivity contribution >= 4 is 16.5 Å². The highest BCUT2D eigenvalue weighted by molar-refractivity contribution is 5.95. The van der Waals surface area contributed by atoms with Crippen molar-refractivity contribution in [1.82, 2.24) is 9.88 Å². The van der Waals surface area contributed by atoms with E-state index in [1.165, 1.54) is 22.0 Å². The summed E-state index contributed by atoms with van der Waals surface area (Å²) in [5.74, 6) is 0.954. The SMILES string of the molecule is CN1CCN(c2cccc3ccc(OCCCc4cccnc4)cc23)CC1. The van der Waals surface area contributed by atoms with Gasteiger partial charge in [0.2, 0.25) is 0 Å². The fraction of sp³-hybridized carbons (Fsp3) is 0.348. The summed E-state index contributed by atoms with van der Waals surface area (Å²) in [5.41, 5.74) is 2.58. The van der Waals surface area contributed by atoms with E-state index in [9.17, 15) is 0 Å². The van der Waals surface area contributed by atoms with E-state index in [-0.39, 0.29) is 0 Å². The molecule has 0 radical (unpaired) electrons. The van der Waals surface area contributed by atoms with Crippen LogP contribution in [0.5, 0.6) is 5.75 Å². The number of hydrogen-bond acceptors (Lipinski definition) is 4. The van der Waals surface area contributed by atoms with Crippen molar-refractivity contribution in [3.63, 3.8) is 0 Å². The molecule has 0 amide bonds. The second-order valence-electron chi connectivity index (χ2n) is 7.26. The summed E-state index contributed by atoms with van der Waals surface area (Å²) in [6, 6.07) is 17.1. The highest BCUT2D eigenvalue weighted by Gasteiger charge is 2.16. The molecule has 1 aromatic heterocycles. The minimum Gasteiger partial charge on any atom is -0.494 e. The van der Waals surface area contributed by atoms with Crippen molar-refractivity contribution in [2.75, 3.05) is 44.7 Å². The Morgan fingerprint density at radius 3 is 2.70 bits per heavy atom. The quantitative estimate of drug-likeness (QED) is 0.621. The summed E-state index contributed by atoms with van der Waals surface area (Å²) in [4.78, 5) is 9.05. The zero-order valence-electron chi connectivity index (χ0n) is 16.0. The van der Waals surface area contributed by atoms with Gasteiger partial charge in [-0.1, -0.05) is 24.3 Å². The molecular weight excluding hydrogens is 334 g/mol. The molecule has 3 aromatic rings. The van der Waals surface area contributed by atoms with Crippen molar-refractivity contribution < 1.29 is 4.74 Å². The summed E-state index contributed by atoms with van der Waals surface area (Å²) < 4.78 is 6.05. The maximum atomic E-state index is 6.05. The number of ether oxygens (including phenoxy) is 1. The lowest BCUT2D eigenvalue weighted by molar-refractivity contribution is 0.311. The molecule has 0 spiro atoms. The molecule has 0 N–H and O–H groups in total. The van der Waals surface area contributed by atoms with E-state index < -0.39 is 0 Å². The Balaban J connectivity index is 1.44. The van der Waals surface area contributed by atoms with Crippen LogP contribution in [0.15, 0.2) is 60.9 Å². The highest BCUT2D eigenvalue weighted by atomic mass is 16.5. The van der Waals surface area contributed by atoms with Gasteiger partial charge in [0.05, 0.1) is 6.61 Å². The molecule has 0 bridgehead atoms. The van der Waals surface area contributed by atoms with Crippen LogP contribution in [0.3, 0.4) is 0 Å². The van der Waals surface area contributed by atoms with E-state index in [1.807, 2.05) is 18.5 Å². The third-order valence-electron chi connectivity index (χ3n) is 5.28. The predicted octanol–water partition coefficient (Wildman–Crippen LogP) is 4.00. The van der Waals surface area contributed by atoms with Crippen LogP contribution < -0.4 is 9.64 Å². The molecule has 0 saturated carbocycles. The number of benzene rings is 2. The number of hydrogen-bond donors (Lipinski definition) is 0. The maximum Gasteiger partial charge on any atom is 0.120 e. The fourth-order valence-corrected chi connectivity index (χ4v) is 3.66. The molecule has 2 aromatic carbocycles. The first kappa shape index (κ1) is 17.8. The van der Waals surface area contributed by atoms with Gasteiger partial charge in [0.25, 0.3) is 0 Å². The molecule has 4 rings (SSSR count). The maximum absolute atomic E-state index is 6.05. The summed E-state index contributed by atoms with van der Waals surface area (Å²) in [5, 5.41) is 2.56. The number of anilines is 1. The Morgan fingerprint density at radius 2 is 1.89 bits per heavy atom. The van der Waals surface area contributed by atoms with Crippen molar-refractivity contribution in [3.05, 3.63) is 66.5 Å². The van der Waals surface area contributed by atoms with Crippen molar-refractivity contribution in [1.29, 1.82) is 0 Å². The van der Waals surface area contributed by atoms with Crippen LogP contribution in [0.25, 0.3) is 10.8 Å². The number of pyridine rings is 1. The van der Waals surface area contributed by atoms with E-state index in [0.717, 1.165) is 51.4 Å². The summed E-state index contributed by atoms with van der Waals surface area (Å²) in [6.45, 7) is 5.09. The van der Waals surface area contributed by atoms with Crippen molar-refractivity contribution in [2.45, 2.75) is 12.8 Å². The van der Waals surface area contributed by atoms with Gasteiger partial charge in [-0.3, -0.25) is 4.98 Å². The average molecular weight is 361 g/mol. The molecule has 2 heterocycles. The number of fused-ring (bicyclic) bond motifs is 1. The van der Waals surface area contributed by atoms with Crippen LogP contribution in [0, 0.1) is 0 Å². The molecule has 1 aliphatic rings. The zero-order valence-corrected chi connectivity index (χ0v) is 16.0. The van der Waals surface area contributed by atoms with E-state index in [0.29, 0.717) is 0 Å². The molecule has 1 saturated heterocycles. The molecule has 4 nitrogen and oxygen atoms in total. The van der Waals surface area contributed by atoms with Gasteiger partial charge in [0, 0.05) is 49.6 Å². The number of likely N-dealkylation sites (N-methyl/N-ethyl adjacent to an activating group) is 1. The van der Waals surface area contributed by atoms with Crippen LogP contribution in [0.1, 0.15) is 12.0 Å². The number of nitrogens with zero attached hydrogens (tertiary/aromatic N) is 3. The molecule has 1 aliphatic heterocycles. The second-order valence-corrected chi connectivity index (χ2v) is 7.26. The Morgan fingerprint density at radius 1 is 1.00 bits per heavy atom. The minimum absolute atomic E-state index is 0.719. The van der Waals surface area contributed by atoms with E-state index in [4.69, 9.17) is 4.74 Å². The first-order valence-electron chi connectivity index (χ1n) is 9.77. The fourth-order valence-electron chi connectivity index (χ4n) is 3.66. The van der Waals surface area contributed by atoms with E-state index in [1.54, 1.807) is 0 Å². The summed E-state index contributed by atoms with van der Waals surface area (Å²) >= 11 is 0. The molecule has 4 heteroatoms. The molecule has 1 fully saturated rings. The third-order valence-corrected chi connectivity index (χ3v) is 5.28. The Bertz CT molecular complexity index is 873. The van der Waals surface area contributed by atoms with Crippen LogP contribution in [-0.4, -0.2) is 49.7 Å². The average Bonchev–Trinajstić information content (AvgIpc) is 2.72. The lowest BCUT2D eigenvalue weighted by Crippen LogP contribution is -2.44. The minimum atomic E-state index is 0.719. The van der Waals surface area contributed by atoms with Crippen LogP contribution in [0.2, 0.25) is 0 Å². The number of piperazine rings is 1. The number of aryl methyl sites for hydroxylation is 1. The van der Waals surface area contributed by atoms with Gasteiger partial charge < -0.3 is 14.5 Å². The van der Waals surface area contributed by atoms with Gasteiger partial charge in [-0.15, -0.1) is 0 Å². The van der Waals surface area contributed by atoms with Crippen molar-refractivity contribution in [3.8, 4) is 5.75 Å². The topological polar surface area (TPSA) is 28.6 Å². The normalized spacial score (nSPS) is 15.2. The standard InChI is InChI=1S/C23H27N3O/c1-25-12-14-26(15-13-25)23-8-2-7-20-9-10-21(17-22(20)23)27-16-4-6-19-5-3-11-24-18-19/h2-3,5,7-11,17-18H,4,6,12-16H2,1H3. The van der Waals surface area contributed by atoms with E-state index >= 15 is 0 Å². The Labute approximate surface area is 161 Å². The predicted molar refractivity (Wildman–Crippen MR) is 112 cm³/mol. The van der Waals surface area contributed by atoms with Gasteiger partial charge in [-0.25, -0.2) is 0 Å². The van der Waals surface area contributed by atoms with Crippen molar-refractivity contribution in [2.24, 2.45) is 0 Å². The Kier molecular flexibility index (Phi) is 5.54. The third kappa shape index (κ3) is 4.40. The molecule has 0 unspecified atom stereocenters. The second kappa shape index (κ2) is 8.40. The largest absolute Gasteiger partial charge is 0.494 e. The summed E-state index contributed by atoms with van der Waals surface area (Å²) in [6.07, 6.45) is 5.73. The molecule has 27 heavy (non-hydrogen) atoms. The first-order chi connectivity index (χ1) is 13.3. The smallest absolute Gasteiger partial charge is 0.120 e. The lowest BCUT2D eigenvalue weighted by Gasteiger charge is -2.34. The number of rotatable bonds is 6. The highest BCUT2D eigenvalue weighted by Crippen LogP contribution is 2.30. The number of aromatic nitrogens is 1. The molecular formula is C23H27N3O. The van der Waals surface area contributed by atoms with Gasteiger partial charge >= 0.3 is 0 Å². The van der Waals surface area contributed by atoms with Crippen LogP contribution in [-0.2, 0) is 6.42 Å². The van der Waals surface area contributed by atoms with Gasteiger partial charge in [0.15, 0.2) is 0 Å². The monoisotopic (exact) mass is 361 g/mol. The van der Waals surface area contributed by atoms with Gasteiger partial charge in [0.1, 0.15) is 5.75 Å². The first-order valence-corrected chi connectivity index (χ1v) is 9.77. The van der Waals surface area contributed by atoms with Crippen LogP contribution in [0.4, 0.5) is 5.69 Å². The van der Waals surface area contributed by atoms with Gasteiger partial charge in [-0.2, -0.15) is 0 Å². The molecule has 0 aliphatic carbocycles. The molecule has 140 valence electrons. The Hall–Kier alpha value is -2.59. The van der Waals surface area contributed by atoms with Crippen LogP contribution >= 0.6 is 0 Å². The van der Waals surface area contributed by atoms with E-state index in [2.05, 4.69) is 64.3 Å². The van der Waals surface area contributed by atoms with Gasteiger partial charge in [-0.05, 0) is 55.1 Å². The zero-order chi connectivity index (χ0) is 18.5.